The van der Waals surface area contributed by atoms with Crippen molar-refractivity contribution in [2.75, 3.05) is 24.6 Å². The van der Waals surface area contributed by atoms with Crippen LogP contribution in [0.2, 0.25) is 0 Å². The monoisotopic (exact) mass is 286 g/mol. The minimum absolute atomic E-state index is 0.158. The Kier molecular flexibility index (Phi) is 4.54. The van der Waals surface area contributed by atoms with E-state index in [0.717, 1.165) is 5.56 Å². The van der Waals surface area contributed by atoms with Gasteiger partial charge in [0, 0.05) is 25.2 Å². The Labute approximate surface area is 113 Å². The van der Waals surface area contributed by atoms with E-state index in [1.165, 1.54) is 6.07 Å². The standard InChI is InChI=1S/C13H19FN2O2S/c14-13-3-2-11(9-15)8-12(13)10-16-4-1-6-19(17,18)7-5-16/h2-3,8H,1,4-7,9-10,15H2. The molecule has 0 aromatic heterocycles. The fourth-order valence-electron chi connectivity index (χ4n) is 2.27. The molecule has 1 heterocycles. The summed E-state index contributed by atoms with van der Waals surface area (Å²) < 4.78 is 36.8. The predicted octanol–water partition coefficient (Wildman–Crippen LogP) is 0.905. The fourth-order valence-corrected chi connectivity index (χ4v) is 3.57. The third-order valence-corrected chi connectivity index (χ3v) is 5.10. The maximum absolute atomic E-state index is 13.7. The van der Waals surface area contributed by atoms with Crippen LogP contribution in [0.4, 0.5) is 4.39 Å². The third-order valence-electron chi connectivity index (χ3n) is 3.39. The van der Waals surface area contributed by atoms with E-state index in [0.29, 0.717) is 38.2 Å². The first-order valence-corrected chi connectivity index (χ1v) is 8.22. The molecule has 1 saturated heterocycles. The van der Waals surface area contributed by atoms with Gasteiger partial charge in [-0.15, -0.1) is 0 Å². The van der Waals surface area contributed by atoms with Crippen LogP contribution < -0.4 is 5.73 Å². The summed E-state index contributed by atoms with van der Waals surface area (Å²) in [6.07, 6.45) is 0.612. The molecule has 2 rings (SSSR count). The van der Waals surface area contributed by atoms with E-state index in [2.05, 4.69) is 0 Å². The first-order chi connectivity index (χ1) is 9.00. The Balaban J connectivity index is 2.08. The molecule has 0 unspecified atom stereocenters. The van der Waals surface area contributed by atoms with Crippen molar-refractivity contribution >= 4 is 9.84 Å². The molecule has 1 fully saturated rings. The maximum atomic E-state index is 13.7. The van der Waals surface area contributed by atoms with Crippen molar-refractivity contribution in [2.45, 2.75) is 19.5 Å². The van der Waals surface area contributed by atoms with Gasteiger partial charge in [0.25, 0.3) is 0 Å². The number of nitrogens with two attached hydrogens (primary N) is 1. The highest BCUT2D eigenvalue weighted by molar-refractivity contribution is 7.91. The van der Waals surface area contributed by atoms with Crippen molar-refractivity contribution in [1.82, 2.24) is 4.90 Å². The van der Waals surface area contributed by atoms with E-state index < -0.39 is 9.84 Å². The number of rotatable bonds is 3. The molecular formula is C13H19FN2O2S. The number of nitrogens with zero attached hydrogens (tertiary/aromatic N) is 1. The van der Waals surface area contributed by atoms with E-state index >= 15 is 0 Å². The summed E-state index contributed by atoms with van der Waals surface area (Å²) in [5.41, 5.74) is 7.02. The Hall–Kier alpha value is -0.980. The molecule has 19 heavy (non-hydrogen) atoms. The molecule has 0 amide bonds. The zero-order chi connectivity index (χ0) is 13.9. The van der Waals surface area contributed by atoms with Gasteiger partial charge >= 0.3 is 0 Å². The SMILES string of the molecule is NCc1ccc(F)c(CN2CCCS(=O)(=O)CC2)c1. The van der Waals surface area contributed by atoms with Crippen molar-refractivity contribution in [2.24, 2.45) is 5.73 Å². The normalized spacial score (nSPS) is 20.1. The van der Waals surface area contributed by atoms with Crippen molar-refractivity contribution in [3.63, 3.8) is 0 Å². The third kappa shape index (κ3) is 3.99. The van der Waals surface area contributed by atoms with E-state index in [1.54, 1.807) is 12.1 Å². The zero-order valence-corrected chi connectivity index (χ0v) is 11.6. The molecular weight excluding hydrogens is 267 g/mol. The quantitative estimate of drug-likeness (QED) is 0.897. The summed E-state index contributed by atoms with van der Waals surface area (Å²) in [5, 5.41) is 0. The lowest BCUT2D eigenvalue weighted by atomic mass is 10.1. The number of halogens is 1. The van der Waals surface area contributed by atoms with Crippen LogP contribution in [0.3, 0.4) is 0 Å². The number of hydrogen-bond acceptors (Lipinski definition) is 4. The van der Waals surface area contributed by atoms with Crippen molar-refractivity contribution in [3.05, 3.63) is 35.1 Å². The molecule has 106 valence electrons. The number of hydrogen-bond donors (Lipinski definition) is 1. The molecule has 4 nitrogen and oxygen atoms in total. The Morgan fingerprint density at radius 3 is 2.79 bits per heavy atom. The van der Waals surface area contributed by atoms with Gasteiger partial charge in [0.15, 0.2) is 9.84 Å². The Morgan fingerprint density at radius 2 is 2.05 bits per heavy atom. The second-order valence-corrected chi connectivity index (χ2v) is 7.22. The van der Waals surface area contributed by atoms with Crippen LogP contribution >= 0.6 is 0 Å². The van der Waals surface area contributed by atoms with Gasteiger partial charge in [0.2, 0.25) is 0 Å². The van der Waals surface area contributed by atoms with Crippen LogP contribution in [0.5, 0.6) is 0 Å². The summed E-state index contributed by atoms with van der Waals surface area (Å²) in [7, 11) is -2.92. The van der Waals surface area contributed by atoms with Gasteiger partial charge < -0.3 is 5.73 Å². The van der Waals surface area contributed by atoms with Gasteiger partial charge in [-0.2, -0.15) is 0 Å². The van der Waals surface area contributed by atoms with Gasteiger partial charge in [0.05, 0.1) is 11.5 Å². The molecule has 0 atom stereocenters. The van der Waals surface area contributed by atoms with Gasteiger partial charge in [-0.25, -0.2) is 12.8 Å². The molecule has 1 aliphatic heterocycles. The highest BCUT2D eigenvalue weighted by Crippen LogP contribution is 2.15. The lowest BCUT2D eigenvalue weighted by Crippen LogP contribution is -2.27. The minimum Gasteiger partial charge on any atom is -0.326 e. The summed E-state index contributed by atoms with van der Waals surface area (Å²) >= 11 is 0. The van der Waals surface area contributed by atoms with Crippen LogP contribution in [0.25, 0.3) is 0 Å². The molecule has 1 aromatic rings. The Morgan fingerprint density at radius 1 is 1.26 bits per heavy atom. The highest BCUT2D eigenvalue weighted by Gasteiger charge is 2.19. The van der Waals surface area contributed by atoms with Crippen molar-refractivity contribution < 1.29 is 12.8 Å². The number of sulfone groups is 1. The van der Waals surface area contributed by atoms with Gasteiger partial charge in [0.1, 0.15) is 5.82 Å². The first kappa shape index (κ1) is 14.4. The molecule has 1 aliphatic rings. The molecule has 2 N–H and O–H groups in total. The zero-order valence-electron chi connectivity index (χ0n) is 10.8. The summed E-state index contributed by atoms with van der Waals surface area (Å²) in [4.78, 5) is 1.99. The summed E-state index contributed by atoms with van der Waals surface area (Å²) in [5.74, 6) is 0.129. The predicted molar refractivity (Wildman–Crippen MR) is 72.8 cm³/mol. The smallest absolute Gasteiger partial charge is 0.151 e. The summed E-state index contributed by atoms with van der Waals surface area (Å²) in [6, 6.07) is 4.85. The topological polar surface area (TPSA) is 63.4 Å². The average molecular weight is 286 g/mol. The molecule has 6 heteroatoms. The van der Waals surface area contributed by atoms with E-state index in [4.69, 9.17) is 5.73 Å². The molecule has 0 bridgehead atoms. The van der Waals surface area contributed by atoms with E-state index in [-0.39, 0.29) is 17.3 Å². The van der Waals surface area contributed by atoms with Gasteiger partial charge in [-0.05, 0) is 24.6 Å². The lowest BCUT2D eigenvalue weighted by Gasteiger charge is -2.19. The first-order valence-electron chi connectivity index (χ1n) is 6.40. The maximum Gasteiger partial charge on any atom is 0.151 e. The minimum atomic E-state index is -2.92. The van der Waals surface area contributed by atoms with Crippen LogP contribution in [0, 0.1) is 5.82 Å². The molecule has 0 spiro atoms. The second kappa shape index (κ2) is 5.98. The largest absolute Gasteiger partial charge is 0.326 e. The second-order valence-electron chi connectivity index (χ2n) is 4.91. The van der Waals surface area contributed by atoms with Crippen LogP contribution in [-0.4, -0.2) is 37.9 Å². The fraction of sp³-hybridized carbons (Fsp3) is 0.538. The molecule has 0 aliphatic carbocycles. The Bertz CT molecular complexity index is 546. The van der Waals surface area contributed by atoms with Crippen LogP contribution in [0.15, 0.2) is 18.2 Å². The van der Waals surface area contributed by atoms with Crippen molar-refractivity contribution in [1.29, 1.82) is 0 Å². The van der Waals surface area contributed by atoms with Crippen molar-refractivity contribution in [3.8, 4) is 0 Å². The number of benzene rings is 1. The van der Waals surface area contributed by atoms with E-state index in [9.17, 15) is 12.8 Å². The molecule has 0 radical (unpaired) electrons. The van der Waals surface area contributed by atoms with Gasteiger partial charge in [-0.1, -0.05) is 12.1 Å². The average Bonchev–Trinajstić information content (AvgIpc) is 2.54. The molecule has 1 aromatic carbocycles. The van der Waals surface area contributed by atoms with E-state index in [1.807, 2.05) is 4.90 Å². The van der Waals surface area contributed by atoms with Crippen LogP contribution in [-0.2, 0) is 22.9 Å². The van der Waals surface area contributed by atoms with Gasteiger partial charge in [-0.3, -0.25) is 4.90 Å². The highest BCUT2D eigenvalue weighted by atomic mass is 32.2. The lowest BCUT2D eigenvalue weighted by molar-refractivity contribution is 0.283. The summed E-state index contributed by atoms with van der Waals surface area (Å²) in [6.45, 7) is 1.97. The molecule has 0 saturated carbocycles. The van der Waals surface area contributed by atoms with Crippen LogP contribution in [0.1, 0.15) is 17.5 Å².